The van der Waals surface area contributed by atoms with Crippen LogP contribution in [0.25, 0.3) is 72.6 Å². The van der Waals surface area contributed by atoms with Gasteiger partial charge in [0, 0.05) is 34.6 Å². The van der Waals surface area contributed by atoms with Crippen molar-refractivity contribution in [3.63, 3.8) is 0 Å². The van der Waals surface area contributed by atoms with E-state index >= 15 is 0 Å². The van der Waals surface area contributed by atoms with Gasteiger partial charge in [-0.15, -0.1) is 0 Å². The van der Waals surface area contributed by atoms with Gasteiger partial charge < -0.3 is 0 Å². The molecule has 5 nitrogen and oxygen atoms in total. The van der Waals surface area contributed by atoms with Crippen LogP contribution in [0.4, 0.5) is 0 Å². The van der Waals surface area contributed by atoms with Gasteiger partial charge in [-0.2, -0.15) is 0 Å². The molecule has 69 heavy (non-hydrogen) atoms. The molecule has 0 aliphatic heterocycles. The van der Waals surface area contributed by atoms with Crippen molar-refractivity contribution in [1.29, 1.82) is 0 Å². The molecule has 0 bridgehead atoms. The second-order valence-corrected chi connectivity index (χ2v) is 16.3. The zero-order chi connectivity index (χ0) is 48.0. The number of hydrogen-bond donors (Lipinski definition) is 0. The van der Waals surface area contributed by atoms with E-state index in [4.69, 9.17) is 9.98 Å². The van der Waals surface area contributed by atoms with Crippen LogP contribution in [0.15, 0.2) is 246 Å². The Labute approximate surface area is 407 Å². The first-order valence-electron chi connectivity index (χ1n) is 23.4. The van der Waals surface area contributed by atoms with Crippen molar-refractivity contribution < 1.29 is 0 Å². The van der Waals surface area contributed by atoms with Gasteiger partial charge in [-0.1, -0.05) is 184 Å². The molecule has 0 radical (unpaired) electrons. The summed E-state index contributed by atoms with van der Waals surface area (Å²) in [5.74, 6) is 1.00. The number of benzene rings is 7. The Hall–Kier alpha value is -8.67. The first-order valence-corrected chi connectivity index (χ1v) is 23.4. The van der Waals surface area contributed by atoms with Crippen LogP contribution in [0.3, 0.4) is 0 Å². The highest BCUT2D eigenvalue weighted by Gasteiger charge is 2.21. The highest BCUT2D eigenvalue weighted by Crippen LogP contribution is 2.46. The number of aliphatic imine (C=N–C) groups is 3. The second-order valence-electron chi connectivity index (χ2n) is 16.3. The van der Waals surface area contributed by atoms with Crippen LogP contribution >= 0.6 is 0 Å². The minimum atomic E-state index is 0.384. The van der Waals surface area contributed by atoms with Crippen LogP contribution in [0.5, 0.6) is 0 Å². The number of aryl methyl sites for hydroxylation is 1. The van der Waals surface area contributed by atoms with Crippen molar-refractivity contribution in [2.45, 2.75) is 34.2 Å². The normalized spacial score (nSPS) is 11.6. The molecule has 0 spiro atoms. The molecule has 0 N–H and O–H groups in total. The molecule has 0 aliphatic carbocycles. The van der Waals surface area contributed by atoms with Crippen LogP contribution in [0, 0.1) is 6.92 Å². The van der Waals surface area contributed by atoms with Crippen LogP contribution < -0.4 is 0 Å². The van der Waals surface area contributed by atoms with Gasteiger partial charge in [-0.05, 0) is 136 Å². The van der Waals surface area contributed by atoms with Crippen molar-refractivity contribution in [1.82, 2.24) is 9.97 Å². The summed E-state index contributed by atoms with van der Waals surface area (Å²) < 4.78 is 0. The molecule has 0 unspecified atom stereocenters. The van der Waals surface area contributed by atoms with Crippen molar-refractivity contribution in [2.75, 3.05) is 0 Å². The van der Waals surface area contributed by atoms with Gasteiger partial charge in [0.05, 0.1) is 17.9 Å². The van der Waals surface area contributed by atoms with Gasteiger partial charge in [0.15, 0.2) is 11.7 Å². The summed E-state index contributed by atoms with van der Waals surface area (Å²) >= 11 is 0. The second kappa shape index (κ2) is 22.7. The van der Waals surface area contributed by atoms with E-state index in [1.54, 1.807) is 12.4 Å². The fraction of sp³-hybridized carbons (Fsp3) is 0.0781. The molecule has 9 rings (SSSR count). The third kappa shape index (κ3) is 11.0. The Kier molecular flexibility index (Phi) is 15.4. The summed E-state index contributed by atoms with van der Waals surface area (Å²) in [5.41, 5.74) is 19.2. The number of amidine groups is 2. The molecular weight excluding hydrogens is 839 g/mol. The number of hydrogen-bond acceptors (Lipinski definition) is 3. The minimum absolute atomic E-state index is 0.384. The SMILES string of the molecule is C=C/C=C(\C)c1c(C)cc(-c2cccc(-c3cccc(CN=C(N=C(N=C)c4cccc(-c5ccccn5)c4)c4cccc(-c5ccccn5)c4)c3)c2)c(-c2ccccc2)c1-c1ccccc1.CC. The fourth-order valence-corrected chi connectivity index (χ4v) is 8.68. The van der Waals surface area contributed by atoms with Crippen LogP contribution in [0.1, 0.15) is 48.6 Å². The summed E-state index contributed by atoms with van der Waals surface area (Å²) in [4.78, 5) is 24.0. The highest BCUT2D eigenvalue weighted by atomic mass is 15.0. The topological polar surface area (TPSA) is 62.9 Å². The molecule has 0 fully saturated rings. The van der Waals surface area contributed by atoms with Crippen molar-refractivity contribution >= 4 is 24.0 Å². The fourth-order valence-electron chi connectivity index (χ4n) is 8.68. The first-order chi connectivity index (χ1) is 34.0. The molecule has 336 valence electrons. The molecule has 0 amide bonds. The lowest BCUT2D eigenvalue weighted by atomic mass is 9.80. The Morgan fingerprint density at radius 3 is 1.59 bits per heavy atom. The Balaban J connectivity index is 0.00000317. The van der Waals surface area contributed by atoms with Crippen molar-refractivity contribution in [2.24, 2.45) is 15.0 Å². The summed E-state index contributed by atoms with van der Waals surface area (Å²) in [6, 6.07) is 69.3. The number of pyridine rings is 2. The lowest BCUT2D eigenvalue weighted by molar-refractivity contribution is 1.06. The quantitative estimate of drug-likeness (QED) is 0.0697. The molecule has 5 heteroatoms. The van der Waals surface area contributed by atoms with Crippen molar-refractivity contribution in [3.8, 4) is 67.0 Å². The van der Waals surface area contributed by atoms with Gasteiger partial charge in [0.2, 0.25) is 0 Å². The Morgan fingerprint density at radius 2 is 1.01 bits per heavy atom. The Morgan fingerprint density at radius 1 is 0.507 bits per heavy atom. The maximum absolute atomic E-state index is 5.22. The number of allylic oxidation sites excluding steroid dienone is 3. The van der Waals surface area contributed by atoms with E-state index in [1.165, 1.54) is 39.0 Å². The van der Waals surface area contributed by atoms with Crippen LogP contribution in [-0.4, -0.2) is 28.4 Å². The molecule has 0 saturated carbocycles. The van der Waals surface area contributed by atoms with E-state index in [1.807, 2.05) is 92.7 Å². The molecular formula is C64H55N5. The average molecular weight is 894 g/mol. The van der Waals surface area contributed by atoms with Gasteiger partial charge in [0.25, 0.3) is 0 Å². The number of aromatic nitrogens is 2. The van der Waals surface area contributed by atoms with Crippen LogP contribution in [-0.2, 0) is 6.54 Å². The van der Waals surface area contributed by atoms with E-state index in [0.717, 1.165) is 61.5 Å². The smallest absolute Gasteiger partial charge is 0.161 e. The van der Waals surface area contributed by atoms with E-state index in [9.17, 15) is 0 Å². The predicted octanol–water partition coefficient (Wildman–Crippen LogP) is 16.5. The summed E-state index contributed by atoms with van der Waals surface area (Å²) in [5, 5.41) is 0. The maximum Gasteiger partial charge on any atom is 0.161 e. The predicted molar refractivity (Wildman–Crippen MR) is 294 cm³/mol. The van der Waals surface area contributed by atoms with E-state index < -0.39 is 0 Å². The molecule has 0 aliphatic rings. The largest absolute Gasteiger partial charge is 0.261 e. The molecule has 7 aromatic carbocycles. The Bertz CT molecular complexity index is 3300. The summed E-state index contributed by atoms with van der Waals surface area (Å²) in [7, 11) is 0. The average Bonchev–Trinajstić information content (AvgIpc) is 3.42. The van der Waals surface area contributed by atoms with Gasteiger partial charge in [0.1, 0.15) is 0 Å². The third-order valence-corrected chi connectivity index (χ3v) is 11.8. The number of nitrogens with zero attached hydrogens (tertiary/aromatic N) is 5. The molecule has 2 heterocycles. The van der Waals surface area contributed by atoms with Gasteiger partial charge in [-0.25, -0.2) is 9.98 Å². The molecule has 2 aromatic heterocycles. The van der Waals surface area contributed by atoms with Gasteiger partial charge in [-0.3, -0.25) is 15.0 Å². The van der Waals surface area contributed by atoms with E-state index in [2.05, 4.69) is 176 Å². The third-order valence-electron chi connectivity index (χ3n) is 11.8. The minimum Gasteiger partial charge on any atom is -0.261 e. The zero-order valence-corrected chi connectivity index (χ0v) is 39.7. The van der Waals surface area contributed by atoms with Crippen molar-refractivity contribution in [3.05, 3.63) is 259 Å². The van der Waals surface area contributed by atoms with Crippen LogP contribution in [0.2, 0.25) is 0 Å². The lowest BCUT2D eigenvalue weighted by Gasteiger charge is -2.23. The maximum atomic E-state index is 5.22. The monoisotopic (exact) mass is 893 g/mol. The summed E-state index contributed by atoms with van der Waals surface area (Å²) in [6.07, 6.45) is 7.57. The molecule has 9 aromatic rings. The van der Waals surface area contributed by atoms with E-state index in [0.29, 0.717) is 18.2 Å². The zero-order valence-electron chi connectivity index (χ0n) is 39.7. The molecule has 0 atom stereocenters. The number of rotatable bonds is 12. The first kappa shape index (κ1) is 46.8. The highest BCUT2D eigenvalue weighted by molar-refractivity contribution is 6.13. The van der Waals surface area contributed by atoms with E-state index in [-0.39, 0.29) is 0 Å². The standard InChI is InChI=1S/C62H49N5.C2H6/c1-5-20-43(2)58-44(3)37-55(59(46-22-8-6-9-23-46)60(58)47-24-10-7-11-25-47)50-28-17-27-49(39-50)48-26-16-21-45(38-48)42-66-62(54-32-19-30-52(41-54)57-34-13-15-36-65-57)67-61(63-4)53-31-18-29-51(40-53)56-33-12-14-35-64-56;1-2/h5-41H,1,4,42H2,2-3H3;1-2H3/b43-20+,66-62?,67-61?;. The molecule has 0 saturated heterocycles. The van der Waals surface area contributed by atoms with Gasteiger partial charge >= 0.3 is 0 Å². The lowest BCUT2D eigenvalue weighted by Crippen LogP contribution is -2.06. The summed E-state index contributed by atoms with van der Waals surface area (Å²) in [6.45, 7) is 16.8.